The van der Waals surface area contributed by atoms with Crippen LogP contribution in [0.1, 0.15) is 39.7 Å². The number of pyridine rings is 1. The van der Waals surface area contributed by atoms with Crippen LogP contribution in [0.2, 0.25) is 5.15 Å². The number of anilines is 1. The zero-order chi connectivity index (χ0) is 16.4. The van der Waals surface area contributed by atoms with Gasteiger partial charge < -0.3 is 15.5 Å². The zero-order valence-corrected chi connectivity index (χ0v) is 13.2. The highest BCUT2D eigenvalue weighted by molar-refractivity contribution is 6.29. The highest BCUT2D eigenvalue weighted by Gasteiger charge is 2.32. The van der Waals surface area contributed by atoms with E-state index in [-0.39, 0.29) is 22.4 Å². The smallest absolute Gasteiger partial charge is 0.306 e. The molecule has 1 unspecified atom stereocenters. The van der Waals surface area contributed by atoms with E-state index in [1.807, 2.05) is 0 Å². The van der Waals surface area contributed by atoms with Crippen molar-refractivity contribution in [2.24, 2.45) is 5.41 Å². The molecule has 0 spiro atoms. The maximum atomic E-state index is 12.1. The maximum Gasteiger partial charge on any atom is 0.306 e. The summed E-state index contributed by atoms with van der Waals surface area (Å²) in [6.07, 6.45) is -0.519. The largest absolute Gasteiger partial charge is 0.481 e. The molecule has 7 heteroatoms. The Morgan fingerprint density at radius 1 is 1.29 bits per heavy atom. The van der Waals surface area contributed by atoms with E-state index in [0.717, 1.165) is 0 Å². The molecule has 1 aromatic rings. The van der Waals surface area contributed by atoms with Crippen molar-refractivity contribution in [1.82, 2.24) is 4.98 Å². The maximum absolute atomic E-state index is 12.1. The van der Waals surface area contributed by atoms with Crippen LogP contribution in [0.15, 0.2) is 12.1 Å². The van der Waals surface area contributed by atoms with Gasteiger partial charge in [-0.3, -0.25) is 9.59 Å². The Bertz CT molecular complexity index is 565. The van der Waals surface area contributed by atoms with Crippen LogP contribution in [0.3, 0.4) is 0 Å². The van der Waals surface area contributed by atoms with Crippen LogP contribution >= 0.6 is 11.6 Å². The fraction of sp³-hybridized carbons (Fsp3) is 0.500. The van der Waals surface area contributed by atoms with Gasteiger partial charge in [-0.25, -0.2) is 4.98 Å². The summed E-state index contributed by atoms with van der Waals surface area (Å²) in [5, 5.41) is 21.9. The molecule has 1 rings (SSSR count). The monoisotopic (exact) mass is 314 g/mol. The Balaban J connectivity index is 3.23. The van der Waals surface area contributed by atoms with E-state index in [2.05, 4.69) is 10.3 Å². The number of carbonyl (C=O) groups is 2. The van der Waals surface area contributed by atoms with Gasteiger partial charge >= 0.3 is 5.97 Å². The molecule has 116 valence electrons. The predicted molar refractivity (Wildman–Crippen MR) is 79.2 cm³/mol. The molecular formula is C14H19ClN2O4. The minimum Gasteiger partial charge on any atom is -0.481 e. The first-order valence-electron chi connectivity index (χ1n) is 6.36. The first-order chi connectivity index (χ1) is 9.43. The Hall–Kier alpha value is -1.66. The molecule has 0 aliphatic carbocycles. The van der Waals surface area contributed by atoms with Crippen molar-refractivity contribution in [3.63, 3.8) is 0 Å². The Morgan fingerprint density at radius 3 is 2.33 bits per heavy atom. The minimum absolute atomic E-state index is 0.0636. The van der Waals surface area contributed by atoms with E-state index in [9.17, 15) is 14.7 Å². The summed E-state index contributed by atoms with van der Waals surface area (Å²) < 4.78 is 0. The molecule has 0 aliphatic rings. The van der Waals surface area contributed by atoms with Gasteiger partial charge in [0.25, 0.3) is 0 Å². The number of nitrogens with zero attached hydrogens (tertiary/aromatic N) is 1. The molecule has 1 amide bonds. The summed E-state index contributed by atoms with van der Waals surface area (Å²) in [6.45, 7) is 6.52. The van der Waals surface area contributed by atoms with Gasteiger partial charge in [0.15, 0.2) is 0 Å². The molecule has 1 heterocycles. The lowest BCUT2D eigenvalue weighted by Crippen LogP contribution is -2.31. The Kier molecular flexibility index (Phi) is 4.96. The van der Waals surface area contributed by atoms with Crippen molar-refractivity contribution in [2.45, 2.75) is 39.7 Å². The highest BCUT2D eigenvalue weighted by atomic mass is 35.5. The number of hydrogen-bond donors (Lipinski definition) is 3. The summed E-state index contributed by atoms with van der Waals surface area (Å²) in [6, 6.07) is 2.89. The van der Waals surface area contributed by atoms with Gasteiger partial charge in [0.2, 0.25) is 5.91 Å². The molecule has 6 nitrogen and oxygen atoms in total. The quantitative estimate of drug-likeness (QED) is 0.741. The first-order valence-corrected chi connectivity index (χ1v) is 6.74. The summed E-state index contributed by atoms with van der Waals surface area (Å²) in [5.74, 6) is -1.42. The first kappa shape index (κ1) is 17.4. The normalized spacial score (nSPS) is 14.4. The summed E-state index contributed by atoms with van der Waals surface area (Å²) in [4.78, 5) is 26.9. The van der Waals surface area contributed by atoms with Gasteiger partial charge in [-0.05, 0) is 19.1 Å². The SMILES string of the molecule is CC(C)(C)C(=O)Nc1nc(Cl)ccc1C(C)(O)CC(=O)O. The number of carbonyl (C=O) groups excluding carboxylic acids is 1. The summed E-state index contributed by atoms with van der Waals surface area (Å²) in [5.41, 5.74) is -2.14. The molecule has 21 heavy (non-hydrogen) atoms. The fourth-order valence-corrected chi connectivity index (χ4v) is 1.80. The second kappa shape index (κ2) is 5.99. The number of amides is 1. The van der Waals surface area contributed by atoms with Crippen LogP contribution in [0.25, 0.3) is 0 Å². The van der Waals surface area contributed by atoms with Crippen molar-refractivity contribution >= 4 is 29.3 Å². The summed E-state index contributed by atoms with van der Waals surface area (Å²) >= 11 is 5.81. The van der Waals surface area contributed by atoms with E-state index >= 15 is 0 Å². The molecular weight excluding hydrogens is 296 g/mol. The number of carboxylic acid groups (broad SMARTS) is 1. The molecule has 1 atom stereocenters. The van der Waals surface area contributed by atoms with Crippen LogP contribution in [-0.4, -0.2) is 27.1 Å². The standard InChI is InChI=1S/C14H19ClN2O4/c1-13(2,3)12(20)17-11-8(5-6-9(15)16-11)14(4,21)7-10(18)19/h5-6,21H,7H2,1-4H3,(H,18,19)(H,16,17,20). The molecule has 3 N–H and O–H groups in total. The third-order valence-electron chi connectivity index (χ3n) is 2.85. The van der Waals surface area contributed by atoms with Crippen molar-refractivity contribution < 1.29 is 19.8 Å². The second-order valence-corrected chi connectivity index (χ2v) is 6.47. The summed E-state index contributed by atoms with van der Waals surface area (Å²) in [7, 11) is 0. The van der Waals surface area contributed by atoms with Crippen LogP contribution in [-0.2, 0) is 15.2 Å². The van der Waals surface area contributed by atoms with Gasteiger partial charge in [0, 0.05) is 11.0 Å². The van der Waals surface area contributed by atoms with Gasteiger partial charge in [-0.15, -0.1) is 0 Å². The van der Waals surface area contributed by atoms with E-state index in [1.54, 1.807) is 20.8 Å². The predicted octanol–water partition coefficient (Wildman–Crippen LogP) is 2.40. The van der Waals surface area contributed by atoms with E-state index in [1.165, 1.54) is 19.1 Å². The van der Waals surface area contributed by atoms with E-state index in [4.69, 9.17) is 16.7 Å². The van der Waals surface area contributed by atoms with Crippen LogP contribution in [0.4, 0.5) is 5.82 Å². The van der Waals surface area contributed by atoms with Gasteiger partial charge in [0.1, 0.15) is 16.6 Å². The van der Waals surface area contributed by atoms with Crippen molar-refractivity contribution in [3.8, 4) is 0 Å². The van der Waals surface area contributed by atoms with E-state index < -0.39 is 23.4 Å². The van der Waals surface area contributed by atoms with Gasteiger partial charge in [-0.1, -0.05) is 32.4 Å². The number of aromatic nitrogens is 1. The molecule has 0 fully saturated rings. The van der Waals surface area contributed by atoms with Crippen molar-refractivity contribution in [2.75, 3.05) is 5.32 Å². The lowest BCUT2D eigenvalue weighted by molar-refractivity contribution is -0.142. The molecule has 0 aliphatic heterocycles. The average molecular weight is 315 g/mol. The average Bonchev–Trinajstić information content (AvgIpc) is 2.25. The Labute approximate surface area is 128 Å². The van der Waals surface area contributed by atoms with Crippen LogP contribution < -0.4 is 5.32 Å². The van der Waals surface area contributed by atoms with Crippen LogP contribution in [0, 0.1) is 5.41 Å². The molecule has 0 saturated carbocycles. The van der Waals surface area contributed by atoms with Gasteiger partial charge in [0.05, 0.1) is 6.42 Å². The molecule has 0 radical (unpaired) electrons. The third-order valence-corrected chi connectivity index (χ3v) is 3.06. The number of aliphatic carboxylic acids is 1. The van der Waals surface area contributed by atoms with Crippen molar-refractivity contribution in [3.05, 3.63) is 22.8 Å². The van der Waals surface area contributed by atoms with Gasteiger partial charge in [-0.2, -0.15) is 0 Å². The molecule has 1 aromatic heterocycles. The second-order valence-electron chi connectivity index (χ2n) is 6.08. The Morgan fingerprint density at radius 2 is 1.86 bits per heavy atom. The van der Waals surface area contributed by atoms with Crippen LogP contribution in [0.5, 0.6) is 0 Å². The molecule has 0 saturated heterocycles. The number of rotatable bonds is 4. The number of hydrogen-bond acceptors (Lipinski definition) is 4. The zero-order valence-electron chi connectivity index (χ0n) is 12.4. The topological polar surface area (TPSA) is 99.5 Å². The number of carboxylic acids is 1. The third kappa shape index (κ3) is 4.68. The lowest BCUT2D eigenvalue weighted by Gasteiger charge is -2.25. The minimum atomic E-state index is -1.68. The number of nitrogens with one attached hydrogen (secondary N) is 1. The number of halogens is 1. The number of aliphatic hydroxyl groups is 1. The molecule has 0 bridgehead atoms. The van der Waals surface area contributed by atoms with E-state index in [0.29, 0.717) is 0 Å². The molecule has 0 aromatic carbocycles. The highest BCUT2D eigenvalue weighted by Crippen LogP contribution is 2.31. The van der Waals surface area contributed by atoms with Crippen molar-refractivity contribution in [1.29, 1.82) is 0 Å². The lowest BCUT2D eigenvalue weighted by atomic mass is 9.92. The fourth-order valence-electron chi connectivity index (χ4n) is 1.65.